The molecule has 2 N–H and O–H groups in total. The Kier molecular flexibility index (Phi) is 7.23. The van der Waals surface area contributed by atoms with Crippen LogP contribution in [0.3, 0.4) is 0 Å². The van der Waals surface area contributed by atoms with E-state index in [1.807, 2.05) is 0 Å². The third-order valence-corrected chi connectivity index (χ3v) is 4.73. The highest BCUT2D eigenvalue weighted by Gasteiger charge is 2.16. The molecule has 3 aromatic rings. The minimum Gasteiger partial charge on any atom is -0.494 e. The number of para-hydroxylation sites is 1. The number of hydrogen-bond donors (Lipinski definition) is 3. The highest BCUT2D eigenvalue weighted by Crippen LogP contribution is 2.24. The summed E-state index contributed by atoms with van der Waals surface area (Å²) in [5, 5.41) is 11.7. The molecule has 0 atom stereocenters. The minimum atomic E-state index is -0.713. The van der Waals surface area contributed by atoms with Gasteiger partial charge in [0, 0.05) is 41.2 Å². The quantitative estimate of drug-likeness (QED) is 0.249. The molecule has 5 nitrogen and oxygen atoms in total. The van der Waals surface area contributed by atoms with Gasteiger partial charge < -0.3 is 10.1 Å². The van der Waals surface area contributed by atoms with Crippen LogP contribution in [-0.2, 0) is 12.3 Å². The molecular weight excluding hydrogens is 430 g/mol. The largest absolute Gasteiger partial charge is 0.494 e. The van der Waals surface area contributed by atoms with Gasteiger partial charge in [0.05, 0.1) is 12.3 Å². The predicted molar refractivity (Wildman–Crippen MR) is 117 cm³/mol. The summed E-state index contributed by atoms with van der Waals surface area (Å²) >= 11 is 10.2. The fourth-order valence-corrected chi connectivity index (χ4v) is 3.18. The van der Waals surface area contributed by atoms with E-state index in [4.69, 9.17) is 21.7 Å². The molecule has 0 fully saturated rings. The van der Waals surface area contributed by atoms with E-state index in [2.05, 4.69) is 27.9 Å². The number of thiol groups is 1. The fraction of sp³-hybridized carbons (Fsp3) is 0.190. The maximum absolute atomic E-state index is 14.3. The van der Waals surface area contributed by atoms with E-state index >= 15 is 0 Å². The summed E-state index contributed by atoms with van der Waals surface area (Å²) in [5.74, 6) is -0.806. The third kappa shape index (κ3) is 5.06. The number of anilines is 1. The normalized spacial score (nSPS) is 10.7. The van der Waals surface area contributed by atoms with Gasteiger partial charge in [-0.15, -0.1) is 0 Å². The minimum absolute atomic E-state index is 0.0243. The van der Waals surface area contributed by atoms with Gasteiger partial charge in [-0.2, -0.15) is 12.6 Å². The van der Waals surface area contributed by atoms with Gasteiger partial charge in [0.2, 0.25) is 0 Å². The predicted octanol–water partition coefficient (Wildman–Crippen LogP) is 5.26. The van der Waals surface area contributed by atoms with Crippen molar-refractivity contribution in [2.24, 2.45) is 0 Å². The van der Waals surface area contributed by atoms with Crippen molar-refractivity contribution in [2.45, 2.75) is 19.2 Å². The molecule has 3 rings (SSSR count). The van der Waals surface area contributed by atoms with Gasteiger partial charge >= 0.3 is 0 Å². The standard InChI is InChI=1S/C21H19ClF2N4OS/c1-2-29-13-8-16(23)15(17(24)9-13)10-26-18-6-4-3-5-14(18)20(25)21-27-12(11-30)7-19(22)28-21/h3-9,25-26,30H,2,10-11H2,1H3. The first kappa shape index (κ1) is 22.0. The van der Waals surface area contributed by atoms with Crippen LogP contribution in [-0.4, -0.2) is 22.3 Å². The van der Waals surface area contributed by atoms with Crippen LogP contribution >= 0.6 is 24.2 Å². The Morgan fingerprint density at radius 2 is 1.87 bits per heavy atom. The Hall–Kier alpha value is -2.71. The molecule has 0 saturated carbocycles. The topological polar surface area (TPSA) is 70.9 Å². The van der Waals surface area contributed by atoms with Crippen LogP contribution in [0.1, 0.15) is 29.6 Å². The second-order valence-electron chi connectivity index (χ2n) is 6.24. The van der Waals surface area contributed by atoms with Crippen molar-refractivity contribution in [3.05, 3.63) is 81.9 Å². The lowest BCUT2D eigenvalue weighted by Gasteiger charge is -2.14. The van der Waals surface area contributed by atoms with Gasteiger partial charge in [-0.05, 0) is 19.1 Å². The van der Waals surface area contributed by atoms with E-state index in [1.54, 1.807) is 37.3 Å². The van der Waals surface area contributed by atoms with Gasteiger partial charge in [-0.1, -0.05) is 29.8 Å². The summed E-state index contributed by atoms with van der Waals surface area (Å²) in [4.78, 5) is 8.39. The molecule has 2 aromatic carbocycles. The zero-order chi connectivity index (χ0) is 21.7. The van der Waals surface area contributed by atoms with Crippen LogP contribution < -0.4 is 10.1 Å². The molecule has 0 spiro atoms. The molecule has 1 heterocycles. The molecular formula is C21H19ClF2N4OS. The lowest BCUT2D eigenvalue weighted by atomic mass is 10.1. The Morgan fingerprint density at radius 1 is 1.17 bits per heavy atom. The van der Waals surface area contributed by atoms with Crippen molar-refractivity contribution in [1.82, 2.24) is 9.97 Å². The average molecular weight is 449 g/mol. The molecule has 1 aromatic heterocycles. The number of aromatic nitrogens is 2. The lowest BCUT2D eigenvalue weighted by molar-refractivity contribution is 0.335. The van der Waals surface area contributed by atoms with Crippen LogP contribution in [0, 0.1) is 17.0 Å². The molecule has 0 saturated heterocycles. The number of nitrogens with one attached hydrogen (secondary N) is 2. The first-order valence-corrected chi connectivity index (χ1v) is 10.1. The second-order valence-corrected chi connectivity index (χ2v) is 6.94. The fourth-order valence-electron chi connectivity index (χ4n) is 2.82. The highest BCUT2D eigenvalue weighted by atomic mass is 35.5. The highest BCUT2D eigenvalue weighted by molar-refractivity contribution is 7.79. The van der Waals surface area contributed by atoms with E-state index in [1.165, 1.54) is 0 Å². The number of rotatable bonds is 8. The number of nitrogens with zero attached hydrogens (tertiary/aromatic N) is 2. The zero-order valence-corrected chi connectivity index (χ0v) is 17.7. The number of benzene rings is 2. The lowest BCUT2D eigenvalue weighted by Crippen LogP contribution is -2.13. The van der Waals surface area contributed by atoms with Crippen molar-refractivity contribution >= 4 is 35.6 Å². The number of hydrogen-bond acceptors (Lipinski definition) is 6. The van der Waals surface area contributed by atoms with Gasteiger partial charge in [-0.25, -0.2) is 18.7 Å². The second kappa shape index (κ2) is 9.86. The Bertz CT molecular complexity index is 1060. The van der Waals surface area contributed by atoms with Gasteiger partial charge in [0.1, 0.15) is 28.2 Å². The maximum Gasteiger partial charge on any atom is 0.179 e. The summed E-state index contributed by atoms with van der Waals surface area (Å²) in [7, 11) is 0. The summed E-state index contributed by atoms with van der Waals surface area (Å²) in [6.45, 7) is 1.93. The molecule has 0 amide bonds. The molecule has 30 heavy (non-hydrogen) atoms. The van der Waals surface area contributed by atoms with E-state index in [0.29, 0.717) is 29.3 Å². The summed E-state index contributed by atoms with van der Waals surface area (Å²) in [5.41, 5.74) is 1.46. The van der Waals surface area contributed by atoms with Gasteiger partial charge in [-0.3, -0.25) is 5.41 Å². The average Bonchev–Trinajstić information content (AvgIpc) is 2.72. The Labute approximate surface area is 183 Å². The van der Waals surface area contributed by atoms with Crippen molar-refractivity contribution in [3.63, 3.8) is 0 Å². The molecule has 0 aliphatic heterocycles. The summed E-state index contributed by atoms with van der Waals surface area (Å²) in [6, 6.07) is 10.8. The van der Waals surface area contributed by atoms with Gasteiger partial charge in [0.25, 0.3) is 0 Å². The van der Waals surface area contributed by atoms with E-state index in [-0.39, 0.29) is 34.5 Å². The van der Waals surface area contributed by atoms with E-state index in [9.17, 15) is 8.78 Å². The Morgan fingerprint density at radius 3 is 2.53 bits per heavy atom. The first-order valence-electron chi connectivity index (χ1n) is 9.10. The Balaban J connectivity index is 1.86. The SMILES string of the molecule is CCOc1cc(F)c(CNc2ccccc2C(=N)c2nc(Cl)cc(CS)n2)c(F)c1. The summed E-state index contributed by atoms with van der Waals surface area (Å²) < 4.78 is 33.8. The van der Waals surface area contributed by atoms with Crippen LogP contribution in [0.5, 0.6) is 5.75 Å². The van der Waals surface area contributed by atoms with Crippen LogP contribution in [0.15, 0.2) is 42.5 Å². The molecule has 0 aliphatic rings. The van der Waals surface area contributed by atoms with Crippen molar-refractivity contribution in [2.75, 3.05) is 11.9 Å². The zero-order valence-electron chi connectivity index (χ0n) is 16.0. The molecule has 156 valence electrons. The van der Waals surface area contributed by atoms with E-state index < -0.39 is 11.6 Å². The van der Waals surface area contributed by atoms with Gasteiger partial charge in [0.15, 0.2) is 5.82 Å². The smallest absolute Gasteiger partial charge is 0.179 e. The van der Waals surface area contributed by atoms with E-state index in [0.717, 1.165) is 12.1 Å². The summed E-state index contributed by atoms with van der Waals surface area (Å²) in [6.07, 6.45) is 0. The van der Waals surface area contributed by atoms with Crippen molar-refractivity contribution in [3.8, 4) is 5.75 Å². The first-order chi connectivity index (χ1) is 14.4. The molecule has 9 heteroatoms. The van der Waals surface area contributed by atoms with Crippen molar-refractivity contribution < 1.29 is 13.5 Å². The van der Waals surface area contributed by atoms with Crippen molar-refractivity contribution in [1.29, 1.82) is 5.41 Å². The third-order valence-electron chi connectivity index (χ3n) is 4.21. The molecule has 0 unspecified atom stereocenters. The maximum atomic E-state index is 14.3. The van der Waals surface area contributed by atoms with Crippen LogP contribution in [0.4, 0.5) is 14.5 Å². The molecule has 0 aliphatic carbocycles. The number of ether oxygens (including phenoxy) is 1. The van der Waals surface area contributed by atoms with Crippen LogP contribution in [0.25, 0.3) is 0 Å². The molecule has 0 radical (unpaired) electrons. The van der Waals surface area contributed by atoms with Crippen LogP contribution in [0.2, 0.25) is 5.15 Å². The monoisotopic (exact) mass is 448 g/mol. The number of halogens is 3. The molecule has 0 bridgehead atoms.